The van der Waals surface area contributed by atoms with Crippen molar-refractivity contribution in [3.8, 4) is 0 Å². The Balaban J connectivity index is 1.36. The fourth-order valence-electron chi connectivity index (χ4n) is 4.10. The van der Waals surface area contributed by atoms with E-state index in [2.05, 4.69) is 5.32 Å². The second kappa shape index (κ2) is 5.91. The predicted molar refractivity (Wildman–Crippen MR) is 101 cm³/mol. The van der Waals surface area contributed by atoms with Gasteiger partial charge in [0.2, 0.25) is 11.8 Å². The summed E-state index contributed by atoms with van der Waals surface area (Å²) in [5.74, 6) is -0.0577. The molecule has 0 spiro atoms. The van der Waals surface area contributed by atoms with Crippen LogP contribution in [0.15, 0.2) is 42.5 Å². The van der Waals surface area contributed by atoms with Gasteiger partial charge in [0.1, 0.15) is 5.82 Å². The van der Waals surface area contributed by atoms with Crippen LogP contribution >= 0.6 is 0 Å². The number of nitrogens with zero attached hydrogens (tertiary/aromatic N) is 1. The van der Waals surface area contributed by atoms with E-state index in [0.29, 0.717) is 30.6 Å². The Morgan fingerprint density at radius 3 is 2.59 bits per heavy atom. The Kier molecular flexibility index (Phi) is 3.61. The topological polar surface area (TPSA) is 49.4 Å². The number of nitrogens with one attached hydrogen (secondary N) is 1. The molecule has 4 nitrogen and oxygen atoms in total. The summed E-state index contributed by atoms with van der Waals surface area (Å²) in [4.78, 5) is 27.1. The van der Waals surface area contributed by atoms with Gasteiger partial charge in [0, 0.05) is 29.4 Å². The molecule has 3 aliphatic rings. The third-order valence-corrected chi connectivity index (χ3v) is 6.00. The van der Waals surface area contributed by atoms with Gasteiger partial charge in [-0.15, -0.1) is 0 Å². The number of halogens is 1. The Bertz CT molecular complexity index is 947. The first kappa shape index (κ1) is 16.5. The zero-order chi connectivity index (χ0) is 18.6. The van der Waals surface area contributed by atoms with E-state index in [1.54, 1.807) is 18.2 Å². The third kappa shape index (κ3) is 2.73. The second-order valence-electron chi connectivity index (χ2n) is 7.87. The molecule has 0 atom stereocenters. The van der Waals surface area contributed by atoms with Crippen LogP contribution in [0.5, 0.6) is 0 Å². The average molecular weight is 364 g/mol. The molecule has 2 aromatic carbocycles. The van der Waals surface area contributed by atoms with Gasteiger partial charge in [-0.05, 0) is 61.9 Å². The van der Waals surface area contributed by atoms with E-state index in [9.17, 15) is 14.0 Å². The predicted octanol–water partition coefficient (Wildman–Crippen LogP) is 3.80. The number of carbonyl (C=O) groups is 2. The molecule has 138 valence electrons. The smallest absolute Gasteiger partial charge is 0.235 e. The maximum absolute atomic E-state index is 14.2. The summed E-state index contributed by atoms with van der Waals surface area (Å²) in [5, 5.41) is 2.97. The van der Waals surface area contributed by atoms with Crippen molar-refractivity contribution in [1.82, 2.24) is 0 Å². The van der Waals surface area contributed by atoms with Gasteiger partial charge in [0.05, 0.1) is 5.41 Å². The maximum atomic E-state index is 14.2. The van der Waals surface area contributed by atoms with E-state index in [-0.39, 0.29) is 23.5 Å². The number of hydrogen-bond donors (Lipinski definition) is 1. The van der Waals surface area contributed by atoms with Crippen LogP contribution < -0.4 is 10.2 Å². The molecule has 0 radical (unpaired) electrons. The Hall–Kier alpha value is -2.69. The summed E-state index contributed by atoms with van der Waals surface area (Å²) in [5.41, 5.74) is 2.47. The van der Waals surface area contributed by atoms with Crippen molar-refractivity contribution >= 4 is 23.2 Å². The van der Waals surface area contributed by atoms with Crippen LogP contribution in [0.25, 0.3) is 0 Å². The molecule has 2 amide bonds. The summed E-state index contributed by atoms with van der Waals surface area (Å²) < 4.78 is 14.2. The van der Waals surface area contributed by atoms with Crippen LogP contribution in [0.1, 0.15) is 36.8 Å². The summed E-state index contributed by atoms with van der Waals surface area (Å²) in [7, 11) is 0. The van der Waals surface area contributed by atoms with E-state index in [4.69, 9.17) is 0 Å². The fraction of sp³-hybridized carbons (Fsp3) is 0.364. The van der Waals surface area contributed by atoms with Crippen molar-refractivity contribution in [3.63, 3.8) is 0 Å². The lowest BCUT2D eigenvalue weighted by molar-refractivity contribution is -0.120. The molecule has 0 bridgehead atoms. The molecule has 1 aliphatic heterocycles. The van der Waals surface area contributed by atoms with Crippen molar-refractivity contribution in [3.05, 3.63) is 59.4 Å². The van der Waals surface area contributed by atoms with Crippen molar-refractivity contribution < 1.29 is 14.0 Å². The van der Waals surface area contributed by atoms with Crippen LogP contribution in [-0.2, 0) is 21.4 Å². The molecule has 2 fully saturated rings. The van der Waals surface area contributed by atoms with Crippen molar-refractivity contribution in [2.75, 3.05) is 16.8 Å². The van der Waals surface area contributed by atoms with Gasteiger partial charge in [0.25, 0.3) is 0 Å². The summed E-state index contributed by atoms with van der Waals surface area (Å²) in [6.07, 6.45) is 4.12. The molecule has 0 saturated heterocycles. The molecule has 2 aliphatic carbocycles. The van der Waals surface area contributed by atoms with Gasteiger partial charge in [-0.3, -0.25) is 9.59 Å². The normalized spacial score (nSPS) is 19.5. The second-order valence-corrected chi connectivity index (χ2v) is 7.87. The first-order chi connectivity index (χ1) is 13.1. The highest BCUT2D eigenvalue weighted by atomic mass is 19.1. The fourth-order valence-corrected chi connectivity index (χ4v) is 4.10. The number of fused-ring (bicyclic) bond motifs is 1. The number of hydrogen-bond acceptors (Lipinski definition) is 2. The highest BCUT2D eigenvalue weighted by molar-refractivity contribution is 6.02. The van der Waals surface area contributed by atoms with Gasteiger partial charge in [-0.1, -0.05) is 18.2 Å². The molecule has 1 N–H and O–H groups in total. The van der Waals surface area contributed by atoms with Gasteiger partial charge >= 0.3 is 0 Å². The standard InChI is InChI=1S/C22H21FN2O2/c23-18-4-2-1-3-17(18)22(10-11-22)21(27)24-16-7-8-19-15(13-16)9-12-25(19)20(26)14-5-6-14/h1-4,7-8,13-14H,5-6,9-12H2,(H,24,27). The van der Waals surface area contributed by atoms with Crippen LogP contribution in [0.2, 0.25) is 0 Å². The third-order valence-electron chi connectivity index (χ3n) is 6.00. The molecule has 1 heterocycles. The van der Waals surface area contributed by atoms with Crippen LogP contribution in [0.4, 0.5) is 15.8 Å². The zero-order valence-corrected chi connectivity index (χ0v) is 15.0. The number of benzene rings is 2. The average Bonchev–Trinajstić information content (AvgIpc) is 3.58. The lowest BCUT2D eigenvalue weighted by Crippen LogP contribution is -2.30. The SMILES string of the molecule is O=C(C1CC1)N1CCc2cc(NC(=O)C3(c4ccccc4F)CC3)ccc21. The molecule has 5 rings (SSSR count). The highest BCUT2D eigenvalue weighted by Gasteiger charge is 2.52. The number of rotatable bonds is 4. The monoisotopic (exact) mass is 364 g/mol. The first-order valence-electron chi connectivity index (χ1n) is 9.59. The van der Waals surface area contributed by atoms with Crippen molar-refractivity contribution in [2.45, 2.75) is 37.5 Å². The number of anilines is 2. The minimum atomic E-state index is -0.752. The molecule has 0 aromatic heterocycles. The Morgan fingerprint density at radius 1 is 1.11 bits per heavy atom. The molecular formula is C22H21FN2O2. The lowest BCUT2D eigenvalue weighted by Gasteiger charge is -2.19. The van der Waals surface area contributed by atoms with Gasteiger partial charge in [-0.2, -0.15) is 0 Å². The molecule has 0 unspecified atom stereocenters. The molecule has 2 saturated carbocycles. The van der Waals surface area contributed by atoms with E-state index in [0.717, 1.165) is 30.5 Å². The number of carbonyl (C=O) groups excluding carboxylic acids is 2. The van der Waals surface area contributed by atoms with Gasteiger partial charge < -0.3 is 10.2 Å². The van der Waals surface area contributed by atoms with Crippen LogP contribution in [-0.4, -0.2) is 18.4 Å². The van der Waals surface area contributed by atoms with Crippen molar-refractivity contribution in [1.29, 1.82) is 0 Å². The van der Waals surface area contributed by atoms with Crippen LogP contribution in [0, 0.1) is 11.7 Å². The quantitative estimate of drug-likeness (QED) is 0.897. The molecular weight excluding hydrogens is 343 g/mol. The van der Waals surface area contributed by atoms with E-state index in [1.165, 1.54) is 6.07 Å². The largest absolute Gasteiger partial charge is 0.325 e. The van der Waals surface area contributed by atoms with Gasteiger partial charge in [-0.25, -0.2) is 4.39 Å². The number of amides is 2. The summed E-state index contributed by atoms with van der Waals surface area (Å²) in [6, 6.07) is 12.2. The van der Waals surface area contributed by atoms with E-state index < -0.39 is 5.41 Å². The van der Waals surface area contributed by atoms with Crippen LogP contribution in [0.3, 0.4) is 0 Å². The summed E-state index contributed by atoms with van der Waals surface area (Å²) in [6.45, 7) is 0.710. The van der Waals surface area contributed by atoms with Crippen molar-refractivity contribution in [2.24, 2.45) is 5.92 Å². The Morgan fingerprint density at radius 2 is 1.89 bits per heavy atom. The first-order valence-corrected chi connectivity index (χ1v) is 9.59. The lowest BCUT2D eigenvalue weighted by atomic mass is 9.94. The highest BCUT2D eigenvalue weighted by Crippen LogP contribution is 2.50. The maximum Gasteiger partial charge on any atom is 0.235 e. The summed E-state index contributed by atoms with van der Waals surface area (Å²) >= 11 is 0. The van der Waals surface area contributed by atoms with E-state index >= 15 is 0 Å². The molecule has 2 aromatic rings. The molecule has 5 heteroatoms. The Labute approximate surface area is 157 Å². The van der Waals surface area contributed by atoms with E-state index in [1.807, 2.05) is 23.1 Å². The minimum Gasteiger partial charge on any atom is -0.325 e. The van der Waals surface area contributed by atoms with Gasteiger partial charge in [0.15, 0.2) is 0 Å². The molecule has 27 heavy (non-hydrogen) atoms. The zero-order valence-electron chi connectivity index (χ0n) is 15.0. The minimum absolute atomic E-state index is 0.156.